The fourth-order valence-electron chi connectivity index (χ4n) is 2.86. The number of para-hydroxylation sites is 1. The Bertz CT molecular complexity index is 914. The normalized spacial score (nSPS) is 10.7. The van der Waals surface area contributed by atoms with Crippen LogP contribution in [-0.4, -0.2) is 17.0 Å². The first-order valence-electron chi connectivity index (χ1n) is 8.05. The summed E-state index contributed by atoms with van der Waals surface area (Å²) in [7, 11) is 0. The van der Waals surface area contributed by atoms with Crippen molar-refractivity contribution in [3.05, 3.63) is 82.1 Å². The van der Waals surface area contributed by atoms with Crippen molar-refractivity contribution in [1.29, 1.82) is 0 Å². The Morgan fingerprint density at radius 1 is 1.04 bits per heavy atom. The van der Waals surface area contributed by atoms with Crippen molar-refractivity contribution in [1.82, 2.24) is 9.88 Å². The number of carbonyl (C=O) groups is 1. The molecule has 1 heterocycles. The van der Waals surface area contributed by atoms with E-state index in [-0.39, 0.29) is 18.0 Å². The minimum Gasteiger partial charge on any atom is -0.354 e. The minimum atomic E-state index is -0.151. The summed E-state index contributed by atoms with van der Waals surface area (Å²) < 4.78 is 1.53. The van der Waals surface area contributed by atoms with Crippen LogP contribution in [-0.2, 0) is 17.8 Å². The van der Waals surface area contributed by atoms with Crippen molar-refractivity contribution in [2.75, 3.05) is 6.54 Å². The van der Waals surface area contributed by atoms with Crippen LogP contribution in [0.3, 0.4) is 0 Å². The van der Waals surface area contributed by atoms with Crippen molar-refractivity contribution in [2.24, 2.45) is 0 Å². The topological polar surface area (TPSA) is 51.1 Å². The predicted octanol–water partition coefficient (Wildman–Crippen LogP) is 2.67. The van der Waals surface area contributed by atoms with Crippen LogP contribution < -0.4 is 10.9 Å². The van der Waals surface area contributed by atoms with Crippen LogP contribution in [0.25, 0.3) is 10.9 Å². The van der Waals surface area contributed by atoms with Crippen molar-refractivity contribution in [2.45, 2.75) is 19.9 Å². The lowest BCUT2D eigenvalue weighted by Gasteiger charge is -2.12. The Balaban J connectivity index is 1.71. The first-order valence-corrected chi connectivity index (χ1v) is 8.05. The van der Waals surface area contributed by atoms with Gasteiger partial charge in [-0.3, -0.25) is 14.2 Å². The van der Waals surface area contributed by atoms with E-state index in [4.69, 9.17) is 0 Å². The molecule has 122 valence electrons. The number of benzene rings is 2. The first kappa shape index (κ1) is 16.0. The van der Waals surface area contributed by atoms with E-state index in [1.165, 1.54) is 10.1 Å². The Hall–Kier alpha value is -2.88. The van der Waals surface area contributed by atoms with Gasteiger partial charge in [0.25, 0.3) is 5.56 Å². The number of hydrogen-bond acceptors (Lipinski definition) is 2. The zero-order chi connectivity index (χ0) is 16.9. The molecule has 4 heteroatoms. The lowest BCUT2D eigenvalue weighted by molar-refractivity contribution is -0.121. The second-order valence-electron chi connectivity index (χ2n) is 5.85. The maximum Gasteiger partial charge on any atom is 0.251 e. The molecule has 0 aliphatic heterocycles. The van der Waals surface area contributed by atoms with E-state index in [0.717, 1.165) is 22.9 Å². The van der Waals surface area contributed by atoms with Crippen LogP contribution >= 0.6 is 0 Å². The minimum absolute atomic E-state index is 0.0361. The standard InChI is InChI=1S/C20H20N2O2/c1-15-13-20(24)22(18-10-6-5-9-17(15)18)14-19(23)21-12-11-16-7-3-2-4-8-16/h2-10,13H,11-12,14H2,1H3,(H,21,23). The van der Waals surface area contributed by atoms with Crippen LogP contribution in [0.4, 0.5) is 0 Å². The SMILES string of the molecule is Cc1cc(=O)n(CC(=O)NCCc2ccccc2)c2ccccc12. The van der Waals surface area contributed by atoms with Crippen LogP contribution in [0.2, 0.25) is 0 Å². The number of hydrogen-bond donors (Lipinski definition) is 1. The molecule has 0 aliphatic carbocycles. The van der Waals surface area contributed by atoms with Gasteiger partial charge in [-0.2, -0.15) is 0 Å². The van der Waals surface area contributed by atoms with Crippen LogP contribution in [0, 0.1) is 6.92 Å². The lowest BCUT2D eigenvalue weighted by Crippen LogP contribution is -2.33. The molecule has 0 bridgehead atoms. The van der Waals surface area contributed by atoms with Gasteiger partial charge in [0.2, 0.25) is 5.91 Å². The number of pyridine rings is 1. The van der Waals surface area contributed by atoms with E-state index >= 15 is 0 Å². The van der Waals surface area contributed by atoms with E-state index in [1.54, 1.807) is 6.07 Å². The fourth-order valence-corrected chi connectivity index (χ4v) is 2.86. The van der Waals surface area contributed by atoms with Gasteiger partial charge in [0.15, 0.2) is 0 Å². The van der Waals surface area contributed by atoms with Gasteiger partial charge < -0.3 is 5.32 Å². The van der Waals surface area contributed by atoms with Crippen molar-refractivity contribution >= 4 is 16.8 Å². The zero-order valence-corrected chi connectivity index (χ0v) is 13.7. The first-order chi connectivity index (χ1) is 11.6. The summed E-state index contributed by atoms with van der Waals surface area (Å²) in [6.45, 7) is 2.50. The summed E-state index contributed by atoms with van der Waals surface area (Å²) >= 11 is 0. The van der Waals surface area contributed by atoms with Crippen LogP contribution in [0.5, 0.6) is 0 Å². The number of nitrogens with one attached hydrogen (secondary N) is 1. The highest BCUT2D eigenvalue weighted by atomic mass is 16.2. The summed E-state index contributed by atoms with van der Waals surface area (Å²) in [5, 5.41) is 3.88. The Labute approximate surface area is 140 Å². The maximum absolute atomic E-state index is 12.3. The van der Waals surface area contributed by atoms with E-state index in [9.17, 15) is 9.59 Å². The predicted molar refractivity (Wildman–Crippen MR) is 96.1 cm³/mol. The van der Waals surface area contributed by atoms with Gasteiger partial charge in [0, 0.05) is 18.0 Å². The fraction of sp³-hybridized carbons (Fsp3) is 0.200. The molecule has 0 saturated heterocycles. The molecule has 0 aliphatic rings. The highest BCUT2D eigenvalue weighted by molar-refractivity contribution is 5.84. The third kappa shape index (κ3) is 3.54. The van der Waals surface area contributed by atoms with Crippen molar-refractivity contribution < 1.29 is 4.79 Å². The molecule has 0 saturated carbocycles. The molecule has 3 rings (SSSR count). The number of amides is 1. The number of nitrogens with zero attached hydrogens (tertiary/aromatic N) is 1. The zero-order valence-electron chi connectivity index (χ0n) is 13.7. The Kier molecular flexibility index (Phi) is 4.75. The quantitative estimate of drug-likeness (QED) is 0.786. The lowest BCUT2D eigenvalue weighted by atomic mass is 10.1. The molecule has 24 heavy (non-hydrogen) atoms. The maximum atomic E-state index is 12.3. The van der Waals surface area contributed by atoms with Gasteiger partial charge in [0.1, 0.15) is 6.54 Å². The number of aryl methyl sites for hydroxylation is 1. The summed E-state index contributed by atoms with van der Waals surface area (Å²) in [4.78, 5) is 24.5. The average Bonchev–Trinajstić information content (AvgIpc) is 2.59. The molecule has 0 fully saturated rings. The second kappa shape index (κ2) is 7.13. The van der Waals surface area contributed by atoms with Gasteiger partial charge in [-0.05, 0) is 30.5 Å². The third-order valence-electron chi connectivity index (χ3n) is 4.11. The molecule has 1 aromatic heterocycles. The monoisotopic (exact) mass is 320 g/mol. The Morgan fingerprint density at radius 3 is 2.54 bits per heavy atom. The molecule has 1 N–H and O–H groups in total. The van der Waals surface area contributed by atoms with Gasteiger partial charge in [-0.25, -0.2) is 0 Å². The highest BCUT2D eigenvalue weighted by Gasteiger charge is 2.09. The summed E-state index contributed by atoms with van der Waals surface area (Å²) in [5.41, 5.74) is 2.75. The summed E-state index contributed by atoms with van der Waals surface area (Å²) in [5.74, 6) is -0.151. The largest absolute Gasteiger partial charge is 0.354 e. The van der Waals surface area contributed by atoms with Crippen LogP contribution in [0.15, 0.2) is 65.5 Å². The molecule has 0 atom stereocenters. The molecule has 0 spiro atoms. The number of carbonyl (C=O) groups excluding carboxylic acids is 1. The molecule has 2 aromatic carbocycles. The number of fused-ring (bicyclic) bond motifs is 1. The molecule has 1 amide bonds. The second-order valence-corrected chi connectivity index (χ2v) is 5.85. The number of rotatable bonds is 5. The highest BCUT2D eigenvalue weighted by Crippen LogP contribution is 2.15. The van der Waals surface area contributed by atoms with E-state index in [2.05, 4.69) is 5.32 Å². The third-order valence-corrected chi connectivity index (χ3v) is 4.11. The van der Waals surface area contributed by atoms with Crippen molar-refractivity contribution in [3.8, 4) is 0 Å². The van der Waals surface area contributed by atoms with E-state index in [1.807, 2.05) is 61.5 Å². The molecular weight excluding hydrogens is 300 g/mol. The van der Waals surface area contributed by atoms with E-state index in [0.29, 0.717) is 6.54 Å². The van der Waals surface area contributed by atoms with Crippen LogP contribution in [0.1, 0.15) is 11.1 Å². The molecule has 0 unspecified atom stereocenters. The molecule has 0 radical (unpaired) electrons. The van der Waals surface area contributed by atoms with Crippen molar-refractivity contribution in [3.63, 3.8) is 0 Å². The van der Waals surface area contributed by atoms with E-state index < -0.39 is 0 Å². The molecule has 3 aromatic rings. The molecule has 4 nitrogen and oxygen atoms in total. The van der Waals surface area contributed by atoms with Gasteiger partial charge in [0.05, 0.1) is 5.52 Å². The smallest absolute Gasteiger partial charge is 0.251 e. The van der Waals surface area contributed by atoms with Gasteiger partial charge in [-0.1, -0.05) is 48.5 Å². The van der Waals surface area contributed by atoms with Gasteiger partial charge in [-0.15, -0.1) is 0 Å². The Morgan fingerprint density at radius 2 is 1.75 bits per heavy atom. The summed E-state index contributed by atoms with van der Waals surface area (Å²) in [6.07, 6.45) is 0.774. The average molecular weight is 320 g/mol. The molecular formula is C20H20N2O2. The van der Waals surface area contributed by atoms with Gasteiger partial charge >= 0.3 is 0 Å². The summed E-state index contributed by atoms with van der Waals surface area (Å²) in [6, 6.07) is 19.2. The number of aromatic nitrogens is 1.